The minimum atomic E-state index is -0.785. The molecule has 2 N–H and O–H groups in total. The van der Waals surface area contributed by atoms with Crippen LogP contribution in [-0.4, -0.2) is 33.3 Å². The van der Waals surface area contributed by atoms with Crippen LogP contribution in [0.15, 0.2) is 77.0 Å². The van der Waals surface area contributed by atoms with E-state index in [1.807, 2.05) is 38.1 Å². The smallest absolute Gasteiger partial charge is 0.296 e. The molecule has 1 saturated heterocycles. The molecule has 1 aliphatic rings. The topological polar surface area (TPSA) is 95.8 Å². The lowest BCUT2D eigenvalue weighted by molar-refractivity contribution is -0.140. The van der Waals surface area contributed by atoms with Crippen molar-refractivity contribution in [3.63, 3.8) is 0 Å². The van der Waals surface area contributed by atoms with E-state index in [1.54, 1.807) is 36.5 Å². The second-order valence-corrected chi connectivity index (χ2v) is 8.62. The molecule has 4 aromatic rings. The van der Waals surface area contributed by atoms with Crippen LogP contribution in [0.4, 0.5) is 0 Å². The number of fused-ring (bicyclic) bond motifs is 1. The average Bonchev–Trinajstić information content (AvgIpc) is 3.58. The van der Waals surface area contributed by atoms with Gasteiger partial charge in [-0.15, -0.1) is 0 Å². The first-order valence-corrected chi connectivity index (χ1v) is 11.6. The summed E-state index contributed by atoms with van der Waals surface area (Å²) < 4.78 is 11.2. The van der Waals surface area contributed by atoms with Gasteiger partial charge in [0.15, 0.2) is 0 Å². The number of likely N-dealkylation sites (tertiary alicyclic amines) is 1. The predicted octanol–water partition coefficient (Wildman–Crippen LogP) is 5.48. The number of furan rings is 1. The van der Waals surface area contributed by atoms with E-state index in [-0.39, 0.29) is 17.9 Å². The Morgan fingerprint density at radius 1 is 1.14 bits per heavy atom. The number of ketones is 1. The summed E-state index contributed by atoms with van der Waals surface area (Å²) in [5, 5.41) is 12.3. The van der Waals surface area contributed by atoms with Crippen LogP contribution in [0.5, 0.6) is 5.75 Å². The van der Waals surface area contributed by atoms with Crippen LogP contribution in [0, 0.1) is 6.92 Å². The van der Waals surface area contributed by atoms with Crippen LogP contribution in [0.25, 0.3) is 16.7 Å². The fourth-order valence-electron chi connectivity index (χ4n) is 4.58. The Hall–Kier alpha value is -4.26. The first kappa shape index (κ1) is 22.5. The highest BCUT2D eigenvalue weighted by Gasteiger charge is 2.47. The van der Waals surface area contributed by atoms with Crippen LogP contribution >= 0.6 is 0 Å². The highest BCUT2D eigenvalue weighted by Crippen LogP contribution is 2.43. The van der Waals surface area contributed by atoms with Crippen molar-refractivity contribution in [3.05, 3.63) is 95.1 Å². The van der Waals surface area contributed by atoms with Gasteiger partial charge in [-0.05, 0) is 55.3 Å². The van der Waals surface area contributed by atoms with E-state index < -0.39 is 17.7 Å². The molecule has 0 spiro atoms. The molecule has 0 bridgehead atoms. The summed E-state index contributed by atoms with van der Waals surface area (Å²) in [4.78, 5) is 31.2. The third-order valence-corrected chi connectivity index (χ3v) is 6.27. The zero-order chi connectivity index (χ0) is 24.5. The van der Waals surface area contributed by atoms with Crippen molar-refractivity contribution < 1.29 is 23.8 Å². The lowest BCUT2D eigenvalue weighted by Gasteiger charge is -2.24. The third kappa shape index (κ3) is 3.99. The number of aryl methyl sites for hydroxylation is 1. The molecular formula is C28H26N2O5. The van der Waals surface area contributed by atoms with Gasteiger partial charge < -0.3 is 24.1 Å². The van der Waals surface area contributed by atoms with Crippen molar-refractivity contribution in [1.29, 1.82) is 0 Å². The fraction of sp³-hybridized carbons (Fsp3) is 0.214. The van der Waals surface area contributed by atoms with E-state index in [0.717, 1.165) is 34.2 Å². The van der Waals surface area contributed by atoms with E-state index in [0.29, 0.717) is 17.9 Å². The zero-order valence-corrected chi connectivity index (χ0v) is 19.6. The number of aliphatic hydroxyl groups excluding tert-OH is 1. The molecule has 178 valence electrons. The van der Waals surface area contributed by atoms with Crippen LogP contribution in [0.1, 0.15) is 41.8 Å². The monoisotopic (exact) mass is 470 g/mol. The molecule has 1 amide bonds. The minimum absolute atomic E-state index is 0.0490. The molecule has 5 rings (SSSR count). The van der Waals surface area contributed by atoms with E-state index in [2.05, 4.69) is 4.98 Å². The predicted molar refractivity (Wildman–Crippen MR) is 132 cm³/mol. The van der Waals surface area contributed by atoms with E-state index in [4.69, 9.17) is 9.15 Å². The number of aromatic amines is 1. The maximum Gasteiger partial charge on any atom is 0.296 e. The van der Waals surface area contributed by atoms with Gasteiger partial charge >= 0.3 is 0 Å². The molecule has 2 aromatic heterocycles. The minimum Gasteiger partial charge on any atom is -0.507 e. The number of benzene rings is 2. The summed E-state index contributed by atoms with van der Waals surface area (Å²) in [6.07, 6.45) is 4.19. The standard InChI is InChI=1S/C28H26N2O5/c1-3-12-35-23-11-10-18(14-17(23)2)26(31)24-25(21-15-29-22-9-5-4-8-20(21)22)30(28(33)27(24)32)16-19-7-6-13-34-19/h4-11,13-15,25,29,31H,3,12,16H2,1-2H3/b26-24+. The molecule has 1 unspecified atom stereocenters. The highest BCUT2D eigenvalue weighted by atomic mass is 16.5. The largest absolute Gasteiger partial charge is 0.507 e. The molecule has 35 heavy (non-hydrogen) atoms. The fourth-order valence-corrected chi connectivity index (χ4v) is 4.58. The molecule has 7 heteroatoms. The van der Waals surface area contributed by atoms with Gasteiger partial charge in [-0.1, -0.05) is 25.1 Å². The van der Waals surface area contributed by atoms with Gasteiger partial charge in [-0.2, -0.15) is 0 Å². The van der Waals surface area contributed by atoms with Gasteiger partial charge in [0.2, 0.25) is 0 Å². The molecule has 1 aliphatic heterocycles. The van der Waals surface area contributed by atoms with Gasteiger partial charge in [0, 0.05) is 28.2 Å². The van der Waals surface area contributed by atoms with Crippen LogP contribution in [0.2, 0.25) is 0 Å². The second-order valence-electron chi connectivity index (χ2n) is 8.62. The van der Waals surface area contributed by atoms with Crippen molar-refractivity contribution in [2.75, 3.05) is 6.61 Å². The normalized spacial score (nSPS) is 17.4. The SMILES string of the molecule is CCCOc1ccc(/C(O)=C2\C(=O)C(=O)N(Cc3ccco3)C2c2c[nH]c3ccccc23)cc1C. The maximum atomic E-state index is 13.3. The number of carbonyl (C=O) groups is 2. The number of hydrogen-bond acceptors (Lipinski definition) is 5. The summed E-state index contributed by atoms with van der Waals surface area (Å²) in [5.41, 5.74) is 2.93. The average molecular weight is 471 g/mol. The van der Waals surface area contributed by atoms with Crippen LogP contribution in [-0.2, 0) is 16.1 Å². The number of amides is 1. The molecule has 2 aromatic carbocycles. The molecular weight excluding hydrogens is 444 g/mol. The summed E-state index contributed by atoms with van der Waals surface area (Å²) in [6.45, 7) is 4.60. The highest BCUT2D eigenvalue weighted by molar-refractivity contribution is 6.46. The lowest BCUT2D eigenvalue weighted by Crippen LogP contribution is -2.29. The lowest BCUT2D eigenvalue weighted by atomic mass is 9.94. The first-order valence-electron chi connectivity index (χ1n) is 11.6. The summed E-state index contributed by atoms with van der Waals surface area (Å²) in [6, 6.07) is 15.6. The Kier molecular flexibility index (Phi) is 5.91. The molecule has 7 nitrogen and oxygen atoms in total. The van der Waals surface area contributed by atoms with E-state index >= 15 is 0 Å². The Morgan fingerprint density at radius 2 is 1.97 bits per heavy atom. The molecule has 1 atom stereocenters. The quantitative estimate of drug-likeness (QED) is 0.212. The number of para-hydroxylation sites is 1. The van der Waals surface area contributed by atoms with Crippen molar-refractivity contribution in [3.8, 4) is 5.75 Å². The first-order chi connectivity index (χ1) is 17.0. The van der Waals surface area contributed by atoms with Gasteiger partial charge in [-0.25, -0.2) is 0 Å². The van der Waals surface area contributed by atoms with Crippen molar-refractivity contribution >= 4 is 28.4 Å². The Balaban J connectivity index is 1.65. The Bertz CT molecular complexity index is 1430. The number of rotatable bonds is 7. The van der Waals surface area contributed by atoms with Crippen molar-refractivity contribution in [2.24, 2.45) is 0 Å². The number of H-pyrrole nitrogens is 1. The number of nitrogens with zero attached hydrogens (tertiary/aromatic N) is 1. The molecule has 3 heterocycles. The van der Waals surface area contributed by atoms with Crippen molar-refractivity contribution in [2.45, 2.75) is 32.9 Å². The van der Waals surface area contributed by atoms with Crippen LogP contribution < -0.4 is 4.74 Å². The third-order valence-electron chi connectivity index (χ3n) is 6.27. The molecule has 1 fully saturated rings. The van der Waals surface area contributed by atoms with E-state index in [9.17, 15) is 14.7 Å². The number of carbonyl (C=O) groups excluding carboxylic acids is 2. The van der Waals surface area contributed by atoms with Gasteiger partial charge in [0.05, 0.1) is 31.0 Å². The van der Waals surface area contributed by atoms with Crippen molar-refractivity contribution in [1.82, 2.24) is 9.88 Å². The van der Waals surface area contributed by atoms with Gasteiger partial charge in [0.1, 0.15) is 17.3 Å². The molecule has 0 radical (unpaired) electrons. The summed E-state index contributed by atoms with van der Waals surface area (Å²) >= 11 is 0. The number of nitrogens with one attached hydrogen (secondary N) is 1. The number of aliphatic hydroxyl groups is 1. The second kappa shape index (κ2) is 9.18. The Labute approximate surface area is 202 Å². The summed E-state index contributed by atoms with van der Waals surface area (Å²) in [5.74, 6) is -0.364. The van der Waals surface area contributed by atoms with Gasteiger partial charge in [0.25, 0.3) is 11.7 Å². The van der Waals surface area contributed by atoms with E-state index in [1.165, 1.54) is 11.2 Å². The van der Waals surface area contributed by atoms with Crippen LogP contribution in [0.3, 0.4) is 0 Å². The number of Topliss-reactive ketones (excluding diaryl/α,β-unsaturated/α-hetero) is 1. The number of hydrogen-bond donors (Lipinski definition) is 2. The molecule has 0 saturated carbocycles. The Morgan fingerprint density at radius 3 is 2.71 bits per heavy atom. The summed E-state index contributed by atoms with van der Waals surface area (Å²) in [7, 11) is 0. The number of ether oxygens (including phenoxy) is 1. The maximum absolute atomic E-state index is 13.3. The number of aromatic nitrogens is 1. The molecule has 0 aliphatic carbocycles. The zero-order valence-electron chi connectivity index (χ0n) is 19.6. The van der Waals surface area contributed by atoms with Gasteiger partial charge in [-0.3, -0.25) is 9.59 Å².